The van der Waals surface area contributed by atoms with Gasteiger partial charge in [0.05, 0.1) is 0 Å². The molecule has 78 valence electrons. The van der Waals surface area contributed by atoms with Crippen molar-refractivity contribution < 1.29 is 4.74 Å². The molecule has 0 saturated heterocycles. The van der Waals surface area contributed by atoms with Crippen molar-refractivity contribution in [2.24, 2.45) is 0 Å². The van der Waals surface area contributed by atoms with Crippen molar-refractivity contribution in [2.75, 3.05) is 20.2 Å². The van der Waals surface area contributed by atoms with Crippen LogP contribution in [0, 0.1) is 0 Å². The maximum Gasteiger partial charge on any atom is 0.274 e. The van der Waals surface area contributed by atoms with E-state index in [9.17, 15) is 0 Å². The minimum Gasteiger partial charge on any atom is -0.469 e. The van der Waals surface area contributed by atoms with Gasteiger partial charge in [-0.1, -0.05) is 22.9 Å². The van der Waals surface area contributed by atoms with E-state index in [1.807, 2.05) is 0 Å². The predicted octanol–water partition coefficient (Wildman–Crippen LogP) is 2.27. The summed E-state index contributed by atoms with van der Waals surface area (Å²) in [6.45, 7) is 1.65. The third-order valence-corrected chi connectivity index (χ3v) is 3.37. The normalized spacial score (nSPS) is 16.2. The average molecular weight is 233 g/mol. The van der Waals surface area contributed by atoms with E-state index in [2.05, 4.69) is 16.9 Å². The molecule has 14 heavy (non-hydrogen) atoms. The van der Waals surface area contributed by atoms with Gasteiger partial charge < -0.3 is 9.64 Å². The zero-order valence-electron chi connectivity index (χ0n) is 8.07. The largest absolute Gasteiger partial charge is 0.469 e. The van der Waals surface area contributed by atoms with E-state index in [-0.39, 0.29) is 0 Å². The Bertz CT molecular complexity index is 301. The van der Waals surface area contributed by atoms with Crippen molar-refractivity contribution >= 4 is 22.9 Å². The summed E-state index contributed by atoms with van der Waals surface area (Å²) in [5.41, 5.74) is 0. The number of halogens is 1. The molecule has 0 unspecified atom stereocenters. The van der Waals surface area contributed by atoms with Crippen molar-refractivity contribution in [1.29, 1.82) is 0 Å². The molecule has 3 nitrogen and oxygen atoms in total. The molecule has 0 amide bonds. The van der Waals surface area contributed by atoms with Crippen molar-refractivity contribution in [3.05, 3.63) is 10.5 Å². The molecule has 1 fully saturated rings. The monoisotopic (exact) mass is 232 g/mol. The number of rotatable bonds is 5. The fraction of sp³-hybridized carbons (Fsp3) is 0.667. The lowest BCUT2D eigenvalue weighted by Gasteiger charge is -2.14. The number of aromatic nitrogens is 1. The fourth-order valence-corrected chi connectivity index (χ4v) is 2.09. The maximum absolute atomic E-state index is 5.67. The van der Waals surface area contributed by atoms with Gasteiger partial charge in [0.2, 0.25) is 0 Å². The van der Waals surface area contributed by atoms with Gasteiger partial charge in [-0.15, -0.1) is 0 Å². The van der Waals surface area contributed by atoms with Gasteiger partial charge in [-0.3, -0.25) is 0 Å². The average Bonchev–Trinajstić information content (AvgIpc) is 2.92. The highest BCUT2D eigenvalue weighted by Crippen LogP contribution is 2.25. The van der Waals surface area contributed by atoms with Crippen LogP contribution in [0.5, 0.6) is 5.19 Å². The first-order valence-electron chi connectivity index (χ1n) is 4.70. The summed E-state index contributed by atoms with van der Waals surface area (Å²) in [7, 11) is 2.13. The molecule has 1 heterocycles. The second-order valence-electron chi connectivity index (χ2n) is 3.50. The molecule has 0 aromatic carbocycles. The van der Waals surface area contributed by atoms with Gasteiger partial charge in [-0.2, -0.15) is 4.98 Å². The lowest BCUT2D eigenvalue weighted by Crippen LogP contribution is -2.26. The molecular formula is C9H13ClN2OS. The summed E-state index contributed by atoms with van der Waals surface area (Å²) in [6.07, 6.45) is 2.67. The van der Waals surface area contributed by atoms with E-state index in [1.54, 1.807) is 5.38 Å². The van der Waals surface area contributed by atoms with E-state index < -0.39 is 0 Å². The van der Waals surface area contributed by atoms with Crippen molar-refractivity contribution in [3.8, 4) is 5.19 Å². The van der Waals surface area contributed by atoms with Crippen LogP contribution in [-0.2, 0) is 0 Å². The van der Waals surface area contributed by atoms with Crippen LogP contribution in [-0.4, -0.2) is 36.1 Å². The Morgan fingerprint density at radius 3 is 3.07 bits per heavy atom. The predicted molar refractivity (Wildman–Crippen MR) is 58.3 cm³/mol. The molecule has 0 spiro atoms. The Balaban J connectivity index is 1.67. The smallest absolute Gasteiger partial charge is 0.274 e. The number of thiazole rings is 1. The summed E-state index contributed by atoms with van der Waals surface area (Å²) in [6, 6.07) is 0.790. The Morgan fingerprint density at radius 1 is 1.71 bits per heavy atom. The molecule has 0 atom stereocenters. The van der Waals surface area contributed by atoms with Crippen LogP contribution in [0.25, 0.3) is 0 Å². The number of hydrogen-bond donors (Lipinski definition) is 0. The van der Waals surface area contributed by atoms with E-state index in [0.29, 0.717) is 17.0 Å². The van der Waals surface area contributed by atoms with Gasteiger partial charge in [0, 0.05) is 18.0 Å². The standard InChI is InChI=1S/C9H13ClN2OS/c1-12(7-2-3-7)4-5-13-9-11-8(10)6-14-9/h6-7H,2-5H2,1H3. The number of ether oxygens (including phenoxy) is 1. The third kappa shape index (κ3) is 2.83. The lowest BCUT2D eigenvalue weighted by molar-refractivity contribution is 0.231. The number of likely N-dealkylation sites (N-methyl/N-ethyl adjacent to an activating group) is 1. The summed E-state index contributed by atoms with van der Waals surface area (Å²) in [5.74, 6) is 0. The van der Waals surface area contributed by atoms with Crippen LogP contribution in [0.1, 0.15) is 12.8 Å². The van der Waals surface area contributed by atoms with E-state index in [0.717, 1.165) is 12.6 Å². The quantitative estimate of drug-likeness (QED) is 0.779. The highest BCUT2D eigenvalue weighted by molar-refractivity contribution is 7.11. The van der Waals surface area contributed by atoms with Crippen LogP contribution >= 0.6 is 22.9 Å². The van der Waals surface area contributed by atoms with Gasteiger partial charge in [0.1, 0.15) is 11.8 Å². The summed E-state index contributed by atoms with van der Waals surface area (Å²) < 4.78 is 5.46. The molecule has 0 aliphatic heterocycles. The first kappa shape index (κ1) is 10.2. The van der Waals surface area contributed by atoms with E-state index in [4.69, 9.17) is 16.3 Å². The molecular weight excluding hydrogens is 220 g/mol. The van der Waals surface area contributed by atoms with Crippen LogP contribution in [0.4, 0.5) is 0 Å². The van der Waals surface area contributed by atoms with Gasteiger partial charge >= 0.3 is 0 Å². The fourth-order valence-electron chi connectivity index (χ4n) is 1.28. The second-order valence-corrected chi connectivity index (χ2v) is 4.70. The molecule has 1 aromatic heterocycles. The van der Waals surface area contributed by atoms with Gasteiger partial charge in [-0.05, 0) is 19.9 Å². The SMILES string of the molecule is CN(CCOc1nc(Cl)cs1)C1CC1. The van der Waals surface area contributed by atoms with Gasteiger partial charge in [0.25, 0.3) is 5.19 Å². The van der Waals surface area contributed by atoms with Gasteiger partial charge in [0.15, 0.2) is 0 Å². The van der Waals surface area contributed by atoms with Crippen LogP contribution in [0.3, 0.4) is 0 Å². The minimum atomic E-state index is 0.514. The third-order valence-electron chi connectivity index (χ3n) is 2.29. The Labute approximate surface area is 92.7 Å². The zero-order chi connectivity index (χ0) is 9.97. The van der Waals surface area contributed by atoms with Gasteiger partial charge in [-0.25, -0.2) is 0 Å². The number of hydrogen-bond acceptors (Lipinski definition) is 4. The highest BCUT2D eigenvalue weighted by atomic mass is 35.5. The molecule has 1 saturated carbocycles. The van der Waals surface area contributed by atoms with Crippen LogP contribution < -0.4 is 4.74 Å². The first-order chi connectivity index (χ1) is 6.75. The van der Waals surface area contributed by atoms with Crippen molar-refractivity contribution in [1.82, 2.24) is 9.88 Å². The molecule has 0 N–H and O–H groups in total. The van der Waals surface area contributed by atoms with Crippen molar-refractivity contribution in [3.63, 3.8) is 0 Å². The molecule has 0 radical (unpaired) electrons. The molecule has 1 aromatic rings. The van der Waals surface area contributed by atoms with Crippen LogP contribution in [0.15, 0.2) is 5.38 Å². The number of nitrogens with zero attached hydrogens (tertiary/aromatic N) is 2. The van der Waals surface area contributed by atoms with E-state index in [1.165, 1.54) is 24.2 Å². The molecule has 1 aliphatic rings. The molecule has 1 aliphatic carbocycles. The summed E-state index contributed by atoms with van der Waals surface area (Å²) in [5, 5.41) is 2.96. The lowest BCUT2D eigenvalue weighted by atomic mass is 10.5. The topological polar surface area (TPSA) is 25.4 Å². The van der Waals surface area contributed by atoms with E-state index >= 15 is 0 Å². The summed E-state index contributed by atoms with van der Waals surface area (Å²) >= 11 is 7.11. The molecule has 5 heteroatoms. The maximum atomic E-state index is 5.67. The van der Waals surface area contributed by atoms with Crippen LogP contribution in [0.2, 0.25) is 5.15 Å². The van der Waals surface area contributed by atoms with Crippen molar-refractivity contribution in [2.45, 2.75) is 18.9 Å². The second kappa shape index (κ2) is 4.47. The minimum absolute atomic E-state index is 0.514. The Morgan fingerprint density at radius 2 is 2.50 bits per heavy atom. The highest BCUT2D eigenvalue weighted by Gasteiger charge is 2.25. The summed E-state index contributed by atoms with van der Waals surface area (Å²) in [4.78, 5) is 6.34. The first-order valence-corrected chi connectivity index (χ1v) is 5.95. The zero-order valence-corrected chi connectivity index (χ0v) is 9.64. The Hall–Kier alpha value is -0.320. The molecule has 2 rings (SSSR count). The Kier molecular flexibility index (Phi) is 3.26. The molecule has 0 bridgehead atoms.